The van der Waals surface area contributed by atoms with E-state index in [4.69, 9.17) is 39.5 Å². The number of hydrogen-bond acceptors (Lipinski definition) is 7. The number of halogens is 3. The van der Waals surface area contributed by atoms with Gasteiger partial charge in [-0.05, 0) is 50.3 Å². The zero-order valence-corrected chi connectivity index (χ0v) is 20.0. The maximum absolute atomic E-state index is 12.7. The van der Waals surface area contributed by atoms with Crippen LogP contribution in [0.2, 0.25) is 0 Å². The van der Waals surface area contributed by atoms with E-state index in [0.29, 0.717) is 10.6 Å². The summed E-state index contributed by atoms with van der Waals surface area (Å²) in [5.41, 5.74) is 1.32. The summed E-state index contributed by atoms with van der Waals surface area (Å²) in [6, 6.07) is 5.02. The molecule has 0 aliphatic heterocycles. The van der Waals surface area contributed by atoms with Crippen LogP contribution < -0.4 is 10.6 Å². The lowest BCUT2D eigenvalue weighted by Crippen LogP contribution is -2.49. The van der Waals surface area contributed by atoms with Crippen LogP contribution in [0.4, 0.5) is 10.7 Å². The summed E-state index contributed by atoms with van der Waals surface area (Å²) in [5, 5.41) is 16.9. The van der Waals surface area contributed by atoms with Crippen LogP contribution in [0.25, 0.3) is 0 Å². The molecule has 1 heterocycles. The Hall–Kier alpha value is -2.07. The summed E-state index contributed by atoms with van der Waals surface area (Å²) < 4.78 is 3.26. The minimum Gasteiger partial charge on any atom is -0.462 e. The maximum atomic E-state index is 12.7. The standard InChI is InChI=1S/C20H20Cl3N3O5S/c1-2-31-18(28)15-13-5-3-4-6-14(13)32-17(15)25-19(20(21,22)23)24-16(27)11-7-9-12(10-8-11)26(29)30/h7-10,19,25H,2-6H2,1H3,(H,24,27)/t19-/m1/s1. The average Bonchev–Trinajstić information content (AvgIpc) is 3.10. The zero-order chi connectivity index (χ0) is 23.5. The van der Waals surface area contributed by atoms with E-state index in [1.54, 1.807) is 6.92 Å². The third kappa shape index (κ3) is 5.64. The Morgan fingerprint density at radius 1 is 1.22 bits per heavy atom. The van der Waals surface area contributed by atoms with Gasteiger partial charge in [0.2, 0.25) is 3.79 Å². The van der Waals surface area contributed by atoms with Crippen LogP contribution in [0.3, 0.4) is 0 Å². The second-order valence-electron chi connectivity index (χ2n) is 7.03. The van der Waals surface area contributed by atoms with Crippen LogP contribution >= 0.6 is 46.1 Å². The highest BCUT2D eigenvalue weighted by atomic mass is 35.6. The Morgan fingerprint density at radius 3 is 2.47 bits per heavy atom. The maximum Gasteiger partial charge on any atom is 0.341 e. The smallest absolute Gasteiger partial charge is 0.341 e. The highest BCUT2D eigenvalue weighted by molar-refractivity contribution is 7.16. The third-order valence-electron chi connectivity index (χ3n) is 4.87. The van der Waals surface area contributed by atoms with Gasteiger partial charge in [0.1, 0.15) is 11.2 Å². The summed E-state index contributed by atoms with van der Waals surface area (Å²) in [5.74, 6) is -1.08. The number of fused-ring (bicyclic) bond motifs is 1. The second-order valence-corrected chi connectivity index (χ2v) is 10.5. The van der Waals surface area contributed by atoms with E-state index in [2.05, 4.69) is 10.6 Å². The lowest BCUT2D eigenvalue weighted by Gasteiger charge is -2.27. The Labute approximate surface area is 203 Å². The van der Waals surface area contributed by atoms with Gasteiger partial charge in [-0.25, -0.2) is 4.79 Å². The first-order valence-corrected chi connectivity index (χ1v) is 11.8. The number of ether oxygens (including phenoxy) is 1. The molecule has 3 rings (SSSR count). The number of benzene rings is 1. The van der Waals surface area contributed by atoms with Crippen molar-refractivity contribution in [2.24, 2.45) is 0 Å². The van der Waals surface area contributed by atoms with Crippen molar-refractivity contribution in [3.05, 3.63) is 55.9 Å². The largest absolute Gasteiger partial charge is 0.462 e. The summed E-state index contributed by atoms with van der Waals surface area (Å²) >= 11 is 19.7. The lowest BCUT2D eigenvalue weighted by atomic mass is 9.95. The van der Waals surface area contributed by atoms with E-state index >= 15 is 0 Å². The summed E-state index contributed by atoms with van der Waals surface area (Å²) in [4.78, 5) is 36.7. The molecule has 1 aromatic heterocycles. The molecule has 32 heavy (non-hydrogen) atoms. The van der Waals surface area contributed by atoms with Gasteiger partial charge in [-0.15, -0.1) is 11.3 Å². The predicted molar refractivity (Wildman–Crippen MR) is 125 cm³/mol. The number of rotatable bonds is 7. The minimum atomic E-state index is -1.97. The van der Waals surface area contributed by atoms with Gasteiger partial charge in [0.15, 0.2) is 0 Å². The molecule has 1 atom stereocenters. The zero-order valence-electron chi connectivity index (χ0n) is 17.0. The molecular formula is C20H20Cl3N3O5S. The number of thiophene rings is 1. The van der Waals surface area contributed by atoms with E-state index in [0.717, 1.165) is 36.1 Å². The highest BCUT2D eigenvalue weighted by Crippen LogP contribution is 2.41. The quantitative estimate of drug-likeness (QED) is 0.170. The molecule has 12 heteroatoms. The Kier molecular flexibility index (Phi) is 7.87. The summed E-state index contributed by atoms with van der Waals surface area (Å²) in [6.07, 6.45) is 2.36. The molecule has 1 amide bonds. The topological polar surface area (TPSA) is 111 Å². The number of amides is 1. The molecule has 0 fully saturated rings. The van der Waals surface area contributed by atoms with Crippen molar-refractivity contribution < 1.29 is 19.2 Å². The van der Waals surface area contributed by atoms with E-state index in [1.165, 1.54) is 35.6 Å². The van der Waals surface area contributed by atoms with Crippen LogP contribution in [-0.2, 0) is 17.6 Å². The normalized spacial score (nSPS) is 14.2. The first-order valence-electron chi connectivity index (χ1n) is 9.82. The first-order chi connectivity index (χ1) is 15.1. The number of esters is 1. The average molecular weight is 521 g/mol. The predicted octanol–water partition coefficient (Wildman–Crippen LogP) is 5.25. The molecule has 0 bridgehead atoms. The van der Waals surface area contributed by atoms with Gasteiger partial charge >= 0.3 is 5.97 Å². The number of nitro groups is 1. The number of nitro benzene ring substituents is 1. The number of nitrogens with zero attached hydrogens (tertiary/aromatic N) is 1. The first kappa shape index (κ1) is 24.6. The fourth-order valence-electron chi connectivity index (χ4n) is 3.37. The lowest BCUT2D eigenvalue weighted by molar-refractivity contribution is -0.384. The molecular weight excluding hydrogens is 501 g/mol. The molecule has 0 saturated carbocycles. The monoisotopic (exact) mass is 519 g/mol. The molecule has 2 N–H and O–H groups in total. The molecule has 2 aromatic rings. The number of alkyl halides is 3. The molecule has 1 aromatic carbocycles. The van der Waals surface area contributed by atoms with Gasteiger partial charge in [0.25, 0.3) is 11.6 Å². The van der Waals surface area contributed by atoms with Gasteiger partial charge in [-0.3, -0.25) is 14.9 Å². The van der Waals surface area contributed by atoms with Crippen molar-refractivity contribution in [2.75, 3.05) is 11.9 Å². The van der Waals surface area contributed by atoms with Gasteiger partial charge in [-0.1, -0.05) is 34.8 Å². The Balaban J connectivity index is 1.88. The van der Waals surface area contributed by atoms with Crippen LogP contribution in [-0.4, -0.2) is 33.4 Å². The number of non-ortho nitro benzene ring substituents is 1. The number of anilines is 1. The van der Waals surface area contributed by atoms with Crippen molar-refractivity contribution in [3.63, 3.8) is 0 Å². The molecule has 0 radical (unpaired) electrons. The van der Waals surface area contributed by atoms with Crippen LogP contribution in [0.1, 0.15) is 50.9 Å². The number of aryl methyl sites for hydroxylation is 1. The van der Waals surface area contributed by atoms with Crippen LogP contribution in [0, 0.1) is 10.1 Å². The van der Waals surface area contributed by atoms with Crippen LogP contribution in [0.15, 0.2) is 24.3 Å². The van der Waals surface area contributed by atoms with Crippen molar-refractivity contribution >= 4 is 68.7 Å². The van der Waals surface area contributed by atoms with E-state index in [-0.39, 0.29) is 17.9 Å². The molecule has 1 aliphatic rings. The van der Waals surface area contributed by atoms with Gasteiger partial charge in [0.05, 0.1) is 17.1 Å². The minimum absolute atomic E-state index is 0.146. The third-order valence-corrected chi connectivity index (χ3v) is 6.75. The Morgan fingerprint density at radius 2 is 1.88 bits per heavy atom. The molecule has 172 valence electrons. The molecule has 0 saturated heterocycles. The summed E-state index contributed by atoms with van der Waals surface area (Å²) in [6.45, 7) is 1.94. The molecule has 0 unspecified atom stereocenters. The van der Waals surface area contributed by atoms with E-state index in [9.17, 15) is 19.7 Å². The van der Waals surface area contributed by atoms with Crippen molar-refractivity contribution in [2.45, 2.75) is 42.6 Å². The fraction of sp³-hybridized carbons (Fsp3) is 0.400. The molecule has 1 aliphatic carbocycles. The molecule has 0 spiro atoms. The Bertz CT molecular complexity index is 1020. The van der Waals surface area contributed by atoms with Crippen molar-refractivity contribution in [3.8, 4) is 0 Å². The number of carbonyl (C=O) groups is 2. The highest BCUT2D eigenvalue weighted by Gasteiger charge is 2.37. The SMILES string of the molecule is CCOC(=O)c1c(N[C@@H](NC(=O)c2ccc([N+](=O)[O-])cc2)C(Cl)(Cl)Cl)sc2c1CCCC2. The number of hydrogen-bond donors (Lipinski definition) is 2. The second kappa shape index (κ2) is 10.2. The van der Waals surface area contributed by atoms with Crippen molar-refractivity contribution in [1.82, 2.24) is 5.32 Å². The summed E-state index contributed by atoms with van der Waals surface area (Å²) in [7, 11) is 0. The number of nitrogens with one attached hydrogen (secondary N) is 2. The molecule has 8 nitrogen and oxygen atoms in total. The number of carbonyl (C=O) groups excluding carboxylic acids is 2. The fourth-order valence-corrected chi connectivity index (χ4v) is 5.00. The van der Waals surface area contributed by atoms with Gasteiger partial charge < -0.3 is 15.4 Å². The van der Waals surface area contributed by atoms with E-state index < -0.39 is 26.8 Å². The van der Waals surface area contributed by atoms with Crippen LogP contribution in [0.5, 0.6) is 0 Å². The van der Waals surface area contributed by atoms with E-state index in [1.807, 2.05) is 0 Å². The van der Waals surface area contributed by atoms with Crippen molar-refractivity contribution in [1.29, 1.82) is 0 Å². The van der Waals surface area contributed by atoms with Gasteiger partial charge in [-0.2, -0.15) is 0 Å². The van der Waals surface area contributed by atoms with Gasteiger partial charge in [0, 0.05) is 22.6 Å².